The summed E-state index contributed by atoms with van der Waals surface area (Å²) in [7, 11) is 1.77. The minimum Gasteiger partial charge on any atom is -0.491 e. The summed E-state index contributed by atoms with van der Waals surface area (Å²) in [4.78, 5) is 36.5. The minimum absolute atomic E-state index is 0.0699. The largest absolute Gasteiger partial charge is 0.491 e. The van der Waals surface area contributed by atoms with Crippen LogP contribution in [0.4, 0.5) is 11.6 Å². The number of hydrogen-bond donors (Lipinski definition) is 1. The molecule has 1 aliphatic carbocycles. The fourth-order valence-corrected chi connectivity index (χ4v) is 4.20. The number of ether oxygens (including phenoxy) is 3. The molecule has 1 saturated heterocycles. The molecule has 1 aromatic carbocycles. The molecule has 3 heterocycles. The Morgan fingerprint density at radius 3 is 2.61 bits per heavy atom. The van der Waals surface area contributed by atoms with Crippen LogP contribution in [-0.4, -0.2) is 56.9 Å². The van der Waals surface area contributed by atoms with Gasteiger partial charge in [-0.15, -0.1) is 0 Å². The predicted octanol–water partition coefficient (Wildman–Crippen LogP) is 3.96. The maximum atomic E-state index is 13.1. The Bertz CT molecular complexity index is 1280. The average molecular weight is 521 g/mol. The highest BCUT2D eigenvalue weighted by atomic mass is 16.5. The number of anilines is 2. The molecule has 1 aliphatic heterocycles. The zero-order valence-electron chi connectivity index (χ0n) is 21.8. The molecule has 0 bridgehead atoms. The minimum atomic E-state index is -0.425. The number of carbonyl (C=O) groups is 2. The molecular weight excluding hydrogens is 488 g/mol. The van der Waals surface area contributed by atoms with Crippen molar-refractivity contribution in [3.63, 3.8) is 0 Å². The molecule has 0 unspecified atom stereocenters. The summed E-state index contributed by atoms with van der Waals surface area (Å²) in [5.41, 5.74) is 0.339. The predicted molar refractivity (Wildman–Crippen MR) is 140 cm³/mol. The smallest absolute Gasteiger partial charge is 0.257 e. The molecule has 11 nitrogen and oxygen atoms in total. The Hall–Kier alpha value is -3.99. The Morgan fingerprint density at radius 2 is 1.97 bits per heavy atom. The third-order valence-electron chi connectivity index (χ3n) is 6.19. The maximum absolute atomic E-state index is 13.1. The molecule has 38 heavy (non-hydrogen) atoms. The van der Waals surface area contributed by atoms with Crippen LogP contribution in [0.1, 0.15) is 49.9 Å². The first-order chi connectivity index (χ1) is 18.3. The highest BCUT2D eigenvalue weighted by Gasteiger charge is 2.34. The highest BCUT2D eigenvalue weighted by Crippen LogP contribution is 2.33. The summed E-state index contributed by atoms with van der Waals surface area (Å²) in [6, 6.07) is 6.64. The van der Waals surface area contributed by atoms with Crippen LogP contribution in [0.5, 0.6) is 17.4 Å². The number of aromatic nitrogens is 4. The van der Waals surface area contributed by atoms with Gasteiger partial charge in [0.15, 0.2) is 11.6 Å². The summed E-state index contributed by atoms with van der Waals surface area (Å²) >= 11 is 0. The van der Waals surface area contributed by atoms with Crippen molar-refractivity contribution in [3.05, 3.63) is 48.4 Å². The van der Waals surface area contributed by atoms with E-state index in [1.54, 1.807) is 47.1 Å². The number of amides is 2. The van der Waals surface area contributed by atoms with Crippen molar-refractivity contribution in [3.8, 4) is 17.4 Å². The number of hydrogen-bond acceptors (Lipinski definition) is 8. The lowest BCUT2D eigenvalue weighted by Gasteiger charge is -2.24. The van der Waals surface area contributed by atoms with Crippen LogP contribution in [0.15, 0.2) is 42.9 Å². The van der Waals surface area contributed by atoms with E-state index >= 15 is 0 Å². The fourth-order valence-electron chi connectivity index (χ4n) is 4.20. The van der Waals surface area contributed by atoms with Gasteiger partial charge in [-0.1, -0.05) is 0 Å². The van der Waals surface area contributed by atoms with Gasteiger partial charge in [-0.05, 0) is 57.6 Å². The molecule has 2 aromatic heterocycles. The molecule has 1 atom stereocenters. The number of benzene rings is 1. The Balaban J connectivity index is 1.33. The molecule has 2 aliphatic rings. The van der Waals surface area contributed by atoms with Crippen LogP contribution in [0.3, 0.4) is 0 Å². The van der Waals surface area contributed by atoms with Crippen LogP contribution < -0.4 is 19.7 Å². The van der Waals surface area contributed by atoms with Gasteiger partial charge in [-0.3, -0.25) is 19.2 Å². The van der Waals surface area contributed by atoms with Crippen molar-refractivity contribution in [2.75, 3.05) is 23.4 Å². The first-order valence-corrected chi connectivity index (χ1v) is 12.9. The first-order valence-electron chi connectivity index (χ1n) is 12.9. The number of carbonyl (C=O) groups excluding carboxylic acids is 2. The van der Waals surface area contributed by atoms with E-state index in [1.165, 1.54) is 12.4 Å². The number of aryl methyl sites for hydroxylation is 1. The second-order valence-corrected chi connectivity index (χ2v) is 9.90. The van der Waals surface area contributed by atoms with Gasteiger partial charge in [-0.25, -0.2) is 9.97 Å². The lowest BCUT2D eigenvalue weighted by atomic mass is 10.2. The van der Waals surface area contributed by atoms with Gasteiger partial charge >= 0.3 is 0 Å². The molecule has 2 amide bonds. The van der Waals surface area contributed by atoms with Gasteiger partial charge in [0.05, 0.1) is 18.5 Å². The lowest BCUT2D eigenvalue weighted by molar-refractivity contribution is -0.127. The molecule has 200 valence electrons. The highest BCUT2D eigenvalue weighted by molar-refractivity contribution is 6.04. The Labute approximate surface area is 221 Å². The molecule has 5 rings (SSSR count). The first kappa shape index (κ1) is 25.7. The zero-order valence-corrected chi connectivity index (χ0v) is 21.8. The van der Waals surface area contributed by atoms with E-state index in [1.807, 2.05) is 13.8 Å². The maximum Gasteiger partial charge on any atom is 0.257 e. The third kappa shape index (κ3) is 6.46. The molecule has 11 heteroatoms. The SMILES string of the molecule is CC(C)Oc1cc(Oc2cnc(N(CC3CC3)C(=O)[C@@H]3CCCO3)cn2)cc(C(=O)Nc2ccn(C)n2)c1. The Kier molecular flexibility index (Phi) is 7.54. The van der Waals surface area contributed by atoms with Crippen LogP contribution in [0.25, 0.3) is 0 Å². The van der Waals surface area contributed by atoms with Crippen LogP contribution in [0, 0.1) is 5.92 Å². The molecule has 1 N–H and O–H groups in total. The van der Waals surface area contributed by atoms with Gasteiger partial charge in [-0.2, -0.15) is 5.10 Å². The molecule has 2 fully saturated rings. The normalized spacial score (nSPS) is 16.9. The van der Waals surface area contributed by atoms with Crippen LogP contribution in [0.2, 0.25) is 0 Å². The van der Waals surface area contributed by atoms with Crippen molar-refractivity contribution in [2.45, 2.75) is 51.7 Å². The summed E-state index contributed by atoms with van der Waals surface area (Å²) in [5.74, 6) is 2.03. The quantitative estimate of drug-likeness (QED) is 0.426. The average Bonchev–Trinajstić information content (AvgIpc) is 3.35. The van der Waals surface area contributed by atoms with E-state index in [0.717, 1.165) is 25.7 Å². The number of rotatable bonds is 10. The molecule has 3 aromatic rings. The van der Waals surface area contributed by atoms with Crippen molar-refractivity contribution in [1.29, 1.82) is 0 Å². The van der Waals surface area contributed by atoms with Gasteiger partial charge in [0.2, 0.25) is 5.88 Å². The van der Waals surface area contributed by atoms with Crippen LogP contribution >= 0.6 is 0 Å². The van der Waals surface area contributed by atoms with Gasteiger partial charge in [0, 0.05) is 44.1 Å². The van der Waals surface area contributed by atoms with Crippen molar-refractivity contribution in [1.82, 2.24) is 19.7 Å². The van der Waals surface area contributed by atoms with E-state index in [2.05, 4.69) is 20.4 Å². The zero-order chi connectivity index (χ0) is 26.6. The molecule has 0 spiro atoms. The number of nitrogens with one attached hydrogen (secondary N) is 1. The lowest BCUT2D eigenvalue weighted by Crippen LogP contribution is -2.40. The third-order valence-corrected chi connectivity index (χ3v) is 6.19. The monoisotopic (exact) mass is 520 g/mol. The van der Waals surface area contributed by atoms with E-state index in [-0.39, 0.29) is 23.8 Å². The second-order valence-electron chi connectivity index (χ2n) is 9.90. The van der Waals surface area contributed by atoms with Crippen molar-refractivity contribution < 1.29 is 23.8 Å². The van der Waals surface area contributed by atoms with E-state index in [4.69, 9.17) is 14.2 Å². The second kappa shape index (κ2) is 11.2. The van der Waals surface area contributed by atoms with E-state index in [0.29, 0.717) is 47.8 Å². The molecule has 1 saturated carbocycles. The standard InChI is InChI=1S/C27H32N6O5/c1-17(2)37-20-11-19(26(34)30-23-8-9-32(3)31-23)12-21(13-20)38-25-15-28-24(14-29-25)33(16-18-6-7-18)27(35)22-5-4-10-36-22/h8-9,11-15,17-18,22H,4-7,10,16H2,1-3H3,(H,30,31,34)/t22-/m0/s1. The summed E-state index contributed by atoms with van der Waals surface area (Å²) in [5, 5.41) is 6.95. The molecule has 0 radical (unpaired) electrons. The molecular formula is C27H32N6O5. The topological polar surface area (TPSA) is 121 Å². The summed E-state index contributed by atoms with van der Waals surface area (Å²) in [6.45, 7) is 5.01. The van der Waals surface area contributed by atoms with Crippen LogP contribution in [-0.2, 0) is 16.6 Å². The van der Waals surface area contributed by atoms with E-state index < -0.39 is 6.10 Å². The summed E-state index contributed by atoms with van der Waals surface area (Å²) in [6.07, 6.45) is 8.04. The van der Waals surface area contributed by atoms with Gasteiger partial charge in [0.1, 0.15) is 17.6 Å². The summed E-state index contributed by atoms with van der Waals surface area (Å²) < 4.78 is 19.0. The van der Waals surface area contributed by atoms with Crippen molar-refractivity contribution in [2.24, 2.45) is 13.0 Å². The van der Waals surface area contributed by atoms with Gasteiger partial charge in [0.25, 0.3) is 11.8 Å². The fraction of sp³-hybridized carbons (Fsp3) is 0.444. The van der Waals surface area contributed by atoms with E-state index in [9.17, 15) is 9.59 Å². The Morgan fingerprint density at radius 1 is 1.16 bits per heavy atom. The van der Waals surface area contributed by atoms with Gasteiger partial charge < -0.3 is 19.5 Å². The number of nitrogens with zero attached hydrogens (tertiary/aromatic N) is 5. The van der Waals surface area contributed by atoms with Crippen molar-refractivity contribution >= 4 is 23.5 Å².